The molecule has 96 valence electrons. The Morgan fingerprint density at radius 1 is 1.39 bits per heavy atom. The van der Waals surface area contributed by atoms with E-state index in [-0.39, 0.29) is 12.5 Å². The first kappa shape index (κ1) is 12.7. The summed E-state index contributed by atoms with van der Waals surface area (Å²) in [5.41, 5.74) is 6.43. The van der Waals surface area contributed by atoms with Gasteiger partial charge in [-0.15, -0.1) is 0 Å². The predicted octanol–water partition coefficient (Wildman–Crippen LogP) is 1.47. The summed E-state index contributed by atoms with van der Waals surface area (Å²) in [4.78, 5) is 24.5. The van der Waals surface area contributed by atoms with E-state index in [9.17, 15) is 9.59 Å². The van der Waals surface area contributed by atoms with Crippen molar-refractivity contribution in [1.29, 1.82) is 0 Å². The average molecular weight is 269 g/mol. The van der Waals surface area contributed by atoms with Crippen LogP contribution in [0.2, 0.25) is 5.02 Å². The second-order valence-corrected chi connectivity index (χ2v) is 4.78. The molecule has 18 heavy (non-hydrogen) atoms. The van der Waals surface area contributed by atoms with Crippen molar-refractivity contribution < 1.29 is 14.7 Å². The Kier molecular flexibility index (Phi) is 3.43. The van der Waals surface area contributed by atoms with E-state index in [2.05, 4.69) is 0 Å². The van der Waals surface area contributed by atoms with E-state index >= 15 is 0 Å². The number of carboxylic acids is 1. The largest absolute Gasteiger partial charge is 0.481 e. The topological polar surface area (TPSA) is 83.6 Å². The fourth-order valence-electron chi connectivity index (χ4n) is 2.06. The molecular formula is C12H13ClN2O3. The van der Waals surface area contributed by atoms with E-state index in [0.29, 0.717) is 29.2 Å². The Labute approximate surface area is 109 Å². The number of carbonyl (C=O) groups excluding carboxylic acids is 1. The number of carbonyl (C=O) groups is 2. The highest BCUT2D eigenvalue weighted by Gasteiger charge is 2.31. The molecule has 1 saturated heterocycles. The summed E-state index contributed by atoms with van der Waals surface area (Å²) < 4.78 is 0. The molecule has 0 bridgehead atoms. The molecule has 1 aliphatic heterocycles. The second kappa shape index (κ2) is 4.86. The maximum absolute atomic E-state index is 12.1. The quantitative estimate of drug-likeness (QED) is 0.796. The number of anilines is 1. The first-order valence-corrected chi connectivity index (χ1v) is 5.93. The minimum absolute atomic E-state index is 0.229. The number of hydrogen-bond donors (Lipinski definition) is 2. The third kappa shape index (κ3) is 2.56. The molecule has 1 unspecified atom stereocenters. The normalized spacial score (nSPS) is 18.9. The zero-order valence-electron chi connectivity index (χ0n) is 9.60. The lowest BCUT2D eigenvalue weighted by Crippen LogP contribution is -2.30. The van der Waals surface area contributed by atoms with Crippen molar-refractivity contribution >= 4 is 29.2 Å². The number of nitrogens with zero attached hydrogens (tertiary/aromatic N) is 1. The van der Waals surface area contributed by atoms with Crippen molar-refractivity contribution in [3.8, 4) is 0 Å². The smallest absolute Gasteiger partial charge is 0.308 e. The number of rotatable bonds is 2. The zero-order chi connectivity index (χ0) is 13.3. The molecule has 1 aromatic carbocycles. The SMILES string of the molecule is Nc1cc(Cl)cc(C(=O)N2CCC(C(=O)O)C2)c1. The molecular weight excluding hydrogens is 256 g/mol. The van der Waals surface area contributed by atoms with Crippen molar-refractivity contribution in [2.45, 2.75) is 6.42 Å². The molecule has 0 radical (unpaired) electrons. The summed E-state index contributed by atoms with van der Waals surface area (Å²) in [6.45, 7) is 0.683. The number of nitrogen functional groups attached to an aromatic ring is 1. The minimum atomic E-state index is -0.865. The van der Waals surface area contributed by atoms with Crippen LogP contribution in [0, 0.1) is 5.92 Å². The molecule has 1 fully saturated rings. The maximum atomic E-state index is 12.1. The van der Waals surface area contributed by atoms with Crippen LogP contribution in [0.5, 0.6) is 0 Å². The number of benzene rings is 1. The summed E-state index contributed by atoms with van der Waals surface area (Å²) in [6, 6.07) is 4.64. The van der Waals surface area contributed by atoms with Gasteiger partial charge in [-0.2, -0.15) is 0 Å². The summed E-state index contributed by atoms with van der Waals surface area (Å²) in [6.07, 6.45) is 0.483. The lowest BCUT2D eigenvalue weighted by molar-refractivity contribution is -0.141. The summed E-state index contributed by atoms with van der Waals surface area (Å²) in [5.74, 6) is -1.57. The van der Waals surface area contributed by atoms with Gasteiger partial charge in [0.15, 0.2) is 0 Å². The lowest BCUT2D eigenvalue weighted by Gasteiger charge is -2.16. The van der Waals surface area contributed by atoms with Crippen LogP contribution >= 0.6 is 11.6 Å². The zero-order valence-corrected chi connectivity index (χ0v) is 10.4. The van der Waals surface area contributed by atoms with Gasteiger partial charge in [0.1, 0.15) is 0 Å². The van der Waals surface area contributed by atoms with Crippen molar-refractivity contribution in [3.05, 3.63) is 28.8 Å². The van der Waals surface area contributed by atoms with Crippen molar-refractivity contribution in [3.63, 3.8) is 0 Å². The van der Waals surface area contributed by atoms with Crippen molar-refractivity contribution in [2.24, 2.45) is 5.92 Å². The summed E-state index contributed by atoms with van der Waals surface area (Å²) in [5, 5.41) is 9.29. The Morgan fingerprint density at radius 2 is 2.11 bits per heavy atom. The van der Waals surface area contributed by atoms with E-state index < -0.39 is 11.9 Å². The van der Waals surface area contributed by atoms with Crippen LogP contribution in [0.15, 0.2) is 18.2 Å². The fourth-order valence-corrected chi connectivity index (χ4v) is 2.31. The Bertz CT molecular complexity index is 484. The molecule has 0 aromatic heterocycles. The number of likely N-dealkylation sites (tertiary alicyclic amines) is 1. The summed E-state index contributed by atoms with van der Waals surface area (Å²) in [7, 11) is 0. The predicted molar refractivity (Wildman–Crippen MR) is 67.5 cm³/mol. The highest BCUT2D eigenvalue weighted by molar-refractivity contribution is 6.31. The molecule has 1 heterocycles. The van der Waals surface area contributed by atoms with Crippen LogP contribution < -0.4 is 5.73 Å². The van der Waals surface area contributed by atoms with Crippen LogP contribution in [-0.4, -0.2) is 35.0 Å². The third-order valence-corrected chi connectivity index (χ3v) is 3.21. The van der Waals surface area contributed by atoms with E-state index in [4.69, 9.17) is 22.4 Å². The van der Waals surface area contributed by atoms with Crippen LogP contribution in [0.1, 0.15) is 16.8 Å². The number of amides is 1. The van der Waals surface area contributed by atoms with Gasteiger partial charge < -0.3 is 15.7 Å². The lowest BCUT2D eigenvalue weighted by atomic mass is 10.1. The number of nitrogens with two attached hydrogens (primary N) is 1. The van der Waals surface area contributed by atoms with Crippen LogP contribution in [0.4, 0.5) is 5.69 Å². The number of aliphatic carboxylic acids is 1. The van der Waals surface area contributed by atoms with Gasteiger partial charge in [-0.3, -0.25) is 9.59 Å². The van der Waals surface area contributed by atoms with E-state index in [1.165, 1.54) is 11.0 Å². The molecule has 1 atom stereocenters. The van der Waals surface area contributed by atoms with Gasteiger partial charge >= 0.3 is 5.97 Å². The molecule has 1 aromatic rings. The van der Waals surface area contributed by atoms with Gasteiger partial charge in [0.2, 0.25) is 0 Å². The van der Waals surface area contributed by atoms with Gasteiger partial charge in [0, 0.05) is 29.4 Å². The average Bonchev–Trinajstić information content (AvgIpc) is 2.75. The monoisotopic (exact) mass is 268 g/mol. The Morgan fingerprint density at radius 3 is 2.67 bits per heavy atom. The molecule has 0 saturated carbocycles. The minimum Gasteiger partial charge on any atom is -0.481 e. The first-order chi connectivity index (χ1) is 8.47. The number of halogens is 1. The van der Waals surface area contributed by atoms with Crippen molar-refractivity contribution in [1.82, 2.24) is 4.90 Å². The molecule has 3 N–H and O–H groups in total. The molecule has 2 rings (SSSR count). The van der Waals surface area contributed by atoms with Gasteiger partial charge in [-0.05, 0) is 24.6 Å². The molecule has 6 heteroatoms. The Hall–Kier alpha value is -1.75. The summed E-state index contributed by atoms with van der Waals surface area (Å²) >= 11 is 5.84. The second-order valence-electron chi connectivity index (χ2n) is 4.35. The van der Waals surface area contributed by atoms with E-state index in [1.807, 2.05) is 0 Å². The van der Waals surface area contributed by atoms with Gasteiger partial charge in [0.25, 0.3) is 5.91 Å². The Balaban J connectivity index is 2.15. The maximum Gasteiger partial charge on any atom is 0.308 e. The van der Waals surface area contributed by atoms with Crippen LogP contribution in [0.25, 0.3) is 0 Å². The first-order valence-electron chi connectivity index (χ1n) is 5.55. The van der Waals surface area contributed by atoms with Crippen molar-refractivity contribution in [2.75, 3.05) is 18.8 Å². The molecule has 1 amide bonds. The number of carboxylic acid groups (broad SMARTS) is 1. The molecule has 0 spiro atoms. The molecule has 5 nitrogen and oxygen atoms in total. The van der Waals surface area contributed by atoms with Gasteiger partial charge in [-0.1, -0.05) is 11.6 Å². The number of hydrogen-bond acceptors (Lipinski definition) is 3. The highest BCUT2D eigenvalue weighted by Crippen LogP contribution is 2.22. The fraction of sp³-hybridized carbons (Fsp3) is 0.333. The third-order valence-electron chi connectivity index (χ3n) is 2.99. The highest BCUT2D eigenvalue weighted by atomic mass is 35.5. The standard InChI is InChI=1S/C12H13ClN2O3/c13-9-3-8(4-10(14)5-9)11(16)15-2-1-7(6-15)12(17)18/h3-5,7H,1-2,6,14H2,(H,17,18). The molecule has 0 aliphatic carbocycles. The van der Waals surface area contributed by atoms with E-state index in [0.717, 1.165) is 0 Å². The van der Waals surface area contributed by atoms with Gasteiger partial charge in [-0.25, -0.2) is 0 Å². The van der Waals surface area contributed by atoms with Gasteiger partial charge in [0.05, 0.1) is 5.92 Å². The van der Waals surface area contributed by atoms with E-state index in [1.54, 1.807) is 12.1 Å². The van der Waals surface area contributed by atoms with Crippen LogP contribution in [0.3, 0.4) is 0 Å². The molecule has 1 aliphatic rings. The van der Waals surface area contributed by atoms with Crippen LogP contribution in [-0.2, 0) is 4.79 Å².